The van der Waals surface area contributed by atoms with Crippen molar-refractivity contribution < 1.29 is 22.7 Å². The van der Waals surface area contributed by atoms with Crippen LogP contribution < -0.4 is 10.6 Å². The van der Waals surface area contributed by atoms with E-state index in [0.29, 0.717) is 25.4 Å². The second-order valence-electron chi connectivity index (χ2n) is 6.64. The second-order valence-corrected chi connectivity index (χ2v) is 6.64. The summed E-state index contributed by atoms with van der Waals surface area (Å²) >= 11 is 0. The molecule has 4 nitrogen and oxygen atoms in total. The summed E-state index contributed by atoms with van der Waals surface area (Å²) in [7, 11) is 0. The predicted molar refractivity (Wildman–Crippen MR) is 96.6 cm³/mol. The number of benzene rings is 2. The summed E-state index contributed by atoms with van der Waals surface area (Å²) in [5, 5.41) is 5.44. The van der Waals surface area contributed by atoms with E-state index in [1.54, 1.807) is 0 Å². The average molecular weight is 378 g/mol. The number of amides is 2. The first-order valence-electron chi connectivity index (χ1n) is 8.74. The monoisotopic (exact) mass is 378 g/mol. The van der Waals surface area contributed by atoms with Gasteiger partial charge in [-0.3, -0.25) is 0 Å². The fourth-order valence-electron chi connectivity index (χ4n) is 3.29. The molecule has 1 heterocycles. The summed E-state index contributed by atoms with van der Waals surface area (Å²) in [6, 6.07) is 13.9. The highest BCUT2D eigenvalue weighted by Crippen LogP contribution is 2.34. The molecule has 0 radical (unpaired) electrons. The zero-order valence-electron chi connectivity index (χ0n) is 14.7. The Kier molecular flexibility index (Phi) is 5.70. The van der Waals surface area contributed by atoms with Gasteiger partial charge in [-0.05, 0) is 42.7 Å². The van der Waals surface area contributed by atoms with E-state index in [9.17, 15) is 18.0 Å². The molecule has 0 saturated carbocycles. The van der Waals surface area contributed by atoms with Gasteiger partial charge in [0.25, 0.3) is 0 Å². The SMILES string of the molecule is O=C(NCC1(c2ccccc2)CCOCC1)Nc1ccc(C(F)(F)F)cc1. The van der Waals surface area contributed by atoms with Gasteiger partial charge in [0.15, 0.2) is 0 Å². The van der Waals surface area contributed by atoms with Crippen LogP contribution in [0.5, 0.6) is 0 Å². The zero-order valence-corrected chi connectivity index (χ0v) is 14.7. The predicted octanol–water partition coefficient (Wildman–Crippen LogP) is 4.58. The summed E-state index contributed by atoms with van der Waals surface area (Å²) in [5.74, 6) is 0. The van der Waals surface area contributed by atoms with E-state index < -0.39 is 17.8 Å². The van der Waals surface area contributed by atoms with Gasteiger partial charge < -0.3 is 15.4 Å². The van der Waals surface area contributed by atoms with E-state index in [1.807, 2.05) is 30.3 Å². The van der Waals surface area contributed by atoms with Crippen LogP contribution in [0.25, 0.3) is 0 Å². The molecule has 1 fully saturated rings. The molecule has 1 aliphatic rings. The molecule has 0 unspecified atom stereocenters. The van der Waals surface area contributed by atoms with Crippen molar-refractivity contribution in [2.75, 3.05) is 25.1 Å². The molecule has 0 aromatic heterocycles. The Morgan fingerprint density at radius 1 is 1.00 bits per heavy atom. The molecule has 0 bridgehead atoms. The first-order valence-corrected chi connectivity index (χ1v) is 8.74. The van der Waals surface area contributed by atoms with Crippen molar-refractivity contribution in [3.63, 3.8) is 0 Å². The maximum absolute atomic E-state index is 12.6. The highest BCUT2D eigenvalue weighted by molar-refractivity contribution is 5.89. The maximum Gasteiger partial charge on any atom is 0.416 e. The van der Waals surface area contributed by atoms with Gasteiger partial charge in [-0.1, -0.05) is 30.3 Å². The number of rotatable bonds is 4. The van der Waals surface area contributed by atoms with Crippen molar-refractivity contribution in [3.05, 3.63) is 65.7 Å². The topological polar surface area (TPSA) is 50.4 Å². The van der Waals surface area contributed by atoms with Gasteiger partial charge >= 0.3 is 12.2 Å². The lowest BCUT2D eigenvalue weighted by molar-refractivity contribution is -0.137. The Hall–Kier alpha value is -2.54. The van der Waals surface area contributed by atoms with Gasteiger partial charge in [-0.2, -0.15) is 13.2 Å². The van der Waals surface area contributed by atoms with Gasteiger partial charge in [0, 0.05) is 30.9 Å². The number of urea groups is 1. The molecule has 1 saturated heterocycles. The molecule has 0 aliphatic carbocycles. The molecule has 1 aliphatic heterocycles. The maximum atomic E-state index is 12.6. The Morgan fingerprint density at radius 3 is 2.22 bits per heavy atom. The largest absolute Gasteiger partial charge is 0.416 e. The van der Waals surface area contributed by atoms with Crippen LogP contribution in [0.4, 0.5) is 23.7 Å². The number of nitrogens with one attached hydrogen (secondary N) is 2. The molecule has 0 spiro atoms. The summed E-state index contributed by atoms with van der Waals surface area (Å²) in [6.07, 6.45) is -2.82. The normalized spacial score (nSPS) is 16.6. The van der Waals surface area contributed by atoms with Crippen LogP contribution in [0.2, 0.25) is 0 Å². The number of anilines is 1. The number of carbonyl (C=O) groups excluding carboxylic acids is 1. The highest BCUT2D eigenvalue weighted by Gasteiger charge is 2.34. The third-order valence-electron chi connectivity index (χ3n) is 4.89. The number of hydrogen-bond acceptors (Lipinski definition) is 2. The smallest absolute Gasteiger partial charge is 0.381 e. The molecule has 2 aromatic rings. The third kappa shape index (κ3) is 4.80. The van der Waals surface area contributed by atoms with Crippen molar-refractivity contribution in [1.29, 1.82) is 0 Å². The van der Waals surface area contributed by atoms with Crippen molar-refractivity contribution in [2.24, 2.45) is 0 Å². The van der Waals surface area contributed by atoms with E-state index in [1.165, 1.54) is 12.1 Å². The summed E-state index contributed by atoms with van der Waals surface area (Å²) in [4.78, 5) is 12.2. The van der Waals surface area contributed by atoms with E-state index in [4.69, 9.17) is 4.74 Å². The first kappa shape index (κ1) is 19.2. The fourth-order valence-corrected chi connectivity index (χ4v) is 3.29. The van der Waals surface area contributed by atoms with Crippen molar-refractivity contribution >= 4 is 11.7 Å². The Bertz CT molecular complexity index is 755. The molecule has 144 valence electrons. The lowest BCUT2D eigenvalue weighted by Gasteiger charge is -2.38. The minimum Gasteiger partial charge on any atom is -0.381 e. The number of alkyl halides is 3. The number of ether oxygens (including phenoxy) is 1. The summed E-state index contributed by atoms with van der Waals surface area (Å²) in [6.45, 7) is 1.67. The van der Waals surface area contributed by atoms with E-state index in [-0.39, 0.29) is 5.41 Å². The molecule has 7 heteroatoms. The zero-order chi connectivity index (χ0) is 19.3. The summed E-state index contributed by atoms with van der Waals surface area (Å²) in [5.41, 5.74) is 0.486. The van der Waals surface area contributed by atoms with Gasteiger partial charge in [0.1, 0.15) is 0 Å². The Morgan fingerprint density at radius 2 is 1.63 bits per heavy atom. The van der Waals surface area contributed by atoms with Crippen molar-refractivity contribution in [3.8, 4) is 0 Å². The van der Waals surface area contributed by atoms with Crippen molar-refractivity contribution in [2.45, 2.75) is 24.4 Å². The molecule has 2 N–H and O–H groups in total. The van der Waals surface area contributed by atoms with Gasteiger partial charge in [0.2, 0.25) is 0 Å². The van der Waals surface area contributed by atoms with E-state index in [0.717, 1.165) is 30.5 Å². The molecule has 27 heavy (non-hydrogen) atoms. The lowest BCUT2D eigenvalue weighted by atomic mass is 9.74. The highest BCUT2D eigenvalue weighted by atomic mass is 19.4. The molecule has 0 atom stereocenters. The Labute approximate surface area is 155 Å². The Balaban J connectivity index is 1.63. The van der Waals surface area contributed by atoms with Crippen LogP contribution in [-0.4, -0.2) is 25.8 Å². The molecular formula is C20H21F3N2O2. The van der Waals surface area contributed by atoms with Gasteiger partial charge in [-0.25, -0.2) is 4.79 Å². The quantitative estimate of drug-likeness (QED) is 0.819. The van der Waals surface area contributed by atoms with E-state index in [2.05, 4.69) is 10.6 Å². The molecule has 2 aromatic carbocycles. The van der Waals surface area contributed by atoms with Crippen LogP contribution in [0.3, 0.4) is 0 Å². The number of hydrogen-bond donors (Lipinski definition) is 2. The average Bonchev–Trinajstić information content (AvgIpc) is 2.68. The first-order chi connectivity index (χ1) is 12.9. The van der Waals surface area contributed by atoms with Crippen LogP contribution in [-0.2, 0) is 16.3 Å². The number of carbonyl (C=O) groups is 1. The fraction of sp³-hybridized carbons (Fsp3) is 0.350. The molecular weight excluding hydrogens is 357 g/mol. The second kappa shape index (κ2) is 8.00. The van der Waals surface area contributed by atoms with Crippen molar-refractivity contribution in [1.82, 2.24) is 5.32 Å². The minimum absolute atomic E-state index is 0.211. The summed E-state index contributed by atoms with van der Waals surface area (Å²) < 4.78 is 43.3. The van der Waals surface area contributed by atoms with Crippen LogP contribution in [0, 0.1) is 0 Å². The van der Waals surface area contributed by atoms with Crippen LogP contribution >= 0.6 is 0 Å². The third-order valence-corrected chi connectivity index (χ3v) is 4.89. The minimum atomic E-state index is -4.40. The van der Waals surface area contributed by atoms with Crippen LogP contribution in [0.15, 0.2) is 54.6 Å². The molecule has 2 amide bonds. The van der Waals surface area contributed by atoms with E-state index >= 15 is 0 Å². The lowest BCUT2D eigenvalue weighted by Crippen LogP contribution is -2.45. The van der Waals surface area contributed by atoms with Gasteiger partial charge in [0.05, 0.1) is 5.56 Å². The molecule has 3 rings (SSSR count). The van der Waals surface area contributed by atoms with Crippen LogP contribution in [0.1, 0.15) is 24.0 Å². The number of halogens is 3. The standard InChI is InChI=1S/C20H21F3N2O2/c21-20(22,23)16-6-8-17(9-7-16)25-18(26)24-14-19(10-12-27-13-11-19)15-4-2-1-3-5-15/h1-9H,10-14H2,(H2,24,25,26). The van der Waals surface area contributed by atoms with Gasteiger partial charge in [-0.15, -0.1) is 0 Å².